The van der Waals surface area contributed by atoms with Crippen LogP contribution in [0.3, 0.4) is 0 Å². The minimum absolute atomic E-state index is 0. The van der Waals surface area contributed by atoms with Crippen LogP contribution in [0, 0.1) is 0 Å². The van der Waals surface area contributed by atoms with Crippen molar-refractivity contribution in [1.29, 1.82) is 0 Å². The number of guanidine groups is 1. The van der Waals surface area contributed by atoms with Crippen LogP contribution < -0.4 is 15.8 Å². The van der Waals surface area contributed by atoms with Gasteiger partial charge in [-0.2, -0.15) is 0 Å². The molecular weight excluding hydrogens is 488 g/mol. The van der Waals surface area contributed by atoms with Crippen LogP contribution in [-0.2, 0) is 11.3 Å². The number of benzene rings is 1. The van der Waals surface area contributed by atoms with Gasteiger partial charge in [0, 0.05) is 26.2 Å². The Morgan fingerprint density at radius 1 is 1.25 bits per heavy atom. The zero-order valence-corrected chi connectivity index (χ0v) is 18.4. The maximum Gasteiger partial charge on any atom is 0.573 e. The Bertz CT molecular complexity index is 604. The molecule has 2 unspecified atom stereocenters. The van der Waals surface area contributed by atoms with Crippen LogP contribution in [0.4, 0.5) is 13.2 Å². The first-order chi connectivity index (χ1) is 12.7. The minimum atomic E-state index is -4.69. The summed E-state index contributed by atoms with van der Waals surface area (Å²) in [6, 6.07) is 5.57. The Labute approximate surface area is 180 Å². The molecule has 2 atom stereocenters. The molecule has 2 rings (SSSR count). The van der Waals surface area contributed by atoms with Gasteiger partial charge in [-0.05, 0) is 38.0 Å². The van der Waals surface area contributed by atoms with Crippen LogP contribution in [-0.4, -0.2) is 55.6 Å². The Kier molecular flexibility index (Phi) is 10.3. The number of nitrogens with one attached hydrogen (secondary N) is 1. The summed E-state index contributed by atoms with van der Waals surface area (Å²) in [5, 5.41) is 3.05. The molecule has 3 N–H and O–H groups in total. The molecule has 0 aromatic heterocycles. The molecule has 10 heteroatoms. The monoisotopic (exact) mass is 516 g/mol. The number of ether oxygens (including phenoxy) is 2. The van der Waals surface area contributed by atoms with Crippen molar-refractivity contribution >= 4 is 29.9 Å². The van der Waals surface area contributed by atoms with E-state index in [1.54, 1.807) is 0 Å². The third-order valence-electron chi connectivity index (χ3n) is 4.04. The van der Waals surface area contributed by atoms with Crippen molar-refractivity contribution in [1.82, 2.24) is 10.2 Å². The maximum absolute atomic E-state index is 12.1. The highest BCUT2D eigenvalue weighted by molar-refractivity contribution is 14.0. The fourth-order valence-corrected chi connectivity index (χ4v) is 3.01. The summed E-state index contributed by atoms with van der Waals surface area (Å²) in [6.07, 6.45) is -3.26. The van der Waals surface area contributed by atoms with Crippen molar-refractivity contribution in [2.45, 2.75) is 45.4 Å². The summed E-state index contributed by atoms with van der Waals surface area (Å²) in [5.41, 5.74) is 6.57. The number of morpholine rings is 1. The molecular formula is C18H28F3IN4O2. The molecule has 0 spiro atoms. The van der Waals surface area contributed by atoms with Crippen LogP contribution >= 0.6 is 24.0 Å². The summed E-state index contributed by atoms with van der Waals surface area (Å²) >= 11 is 0. The number of alkyl halides is 3. The van der Waals surface area contributed by atoms with Crippen LogP contribution in [0.15, 0.2) is 29.3 Å². The summed E-state index contributed by atoms with van der Waals surface area (Å²) < 4.78 is 45.9. The first-order valence-corrected chi connectivity index (χ1v) is 8.97. The Morgan fingerprint density at radius 2 is 1.86 bits per heavy atom. The van der Waals surface area contributed by atoms with Gasteiger partial charge in [-0.25, -0.2) is 4.99 Å². The predicted octanol–water partition coefficient (Wildman–Crippen LogP) is 3.11. The predicted molar refractivity (Wildman–Crippen MR) is 113 cm³/mol. The van der Waals surface area contributed by atoms with Crippen molar-refractivity contribution in [3.63, 3.8) is 0 Å². The van der Waals surface area contributed by atoms with Gasteiger partial charge in [-0.1, -0.05) is 12.1 Å². The van der Waals surface area contributed by atoms with E-state index in [-0.39, 0.29) is 48.5 Å². The zero-order chi connectivity index (χ0) is 19.9. The van der Waals surface area contributed by atoms with Gasteiger partial charge in [0.25, 0.3) is 0 Å². The van der Waals surface area contributed by atoms with E-state index >= 15 is 0 Å². The molecule has 0 amide bonds. The molecule has 1 aromatic rings. The van der Waals surface area contributed by atoms with Gasteiger partial charge >= 0.3 is 6.36 Å². The summed E-state index contributed by atoms with van der Waals surface area (Å²) in [4.78, 5) is 6.57. The van der Waals surface area contributed by atoms with E-state index in [1.165, 1.54) is 24.3 Å². The van der Waals surface area contributed by atoms with Crippen LogP contribution in [0.25, 0.3) is 0 Å². The Balaban J connectivity index is 0.00000392. The first-order valence-electron chi connectivity index (χ1n) is 8.97. The molecule has 1 fully saturated rings. The SMILES string of the molecule is CC1CN(CCCNC(N)=NCc2ccc(OC(F)(F)F)cc2)CC(C)O1.I. The third-order valence-corrected chi connectivity index (χ3v) is 4.04. The molecule has 0 bridgehead atoms. The van der Waals surface area contributed by atoms with Gasteiger partial charge in [-0.3, -0.25) is 4.90 Å². The number of rotatable bonds is 7. The lowest BCUT2D eigenvalue weighted by Gasteiger charge is -2.35. The molecule has 28 heavy (non-hydrogen) atoms. The lowest BCUT2D eigenvalue weighted by Crippen LogP contribution is -2.46. The Morgan fingerprint density at radius 3 is 2.43 bits per heavy atom. The van der Waals surface area contributed by atoms with Gasteiger partial charge in [0.2, 0.25) is 0 Å². The number of aliphatic imine (C=N–C) groups is 1. The Hall–Kier alpha value is -1.27. The first kappa shape index (κ1) is 24.8. The average molecular weight is 516 g/mol. The number of hydrogen-bond acceptors (Lipinski definition) is 4. The molecule has 160 valence electrons. The van der Waals surface area contributed by atoms with Crippen molar-refractivity contribution in [3.8, 4) is 5.75 Å². The number of halogens is 4. The van der Waals surface area contributed by atoms with Gasteiger partial charge < -0.3 is 20.5 Å². The van der Waals surface area contributed by atoms with Gasteiger partial charge in [0.05, 0.1) is 18.8 Å². The largest absolute Gasteiger partial charge is 0.573 e. The van der Waals surface area contributed by atoms with Crippen molar-refractivity contribution in [2.24, 2.45) is 10.7 Å². The summed E-state index contributed by atoms with van der Waals surface area (Å²) in [6.45, 7) is 7.96. The maximum atomic E-state index is 12.1. The second-order valence-corrected chi connectivity index (χ2v) is 6.69. The van der Waals surface area contributed by atoms with E-state index in [0.717, 1.165) is 31.6 Å². The number of nitrogens with zero attached hydrogens (tertiary/aromatic N) is 2. The second-order valence-electron chi connectivity index (χ2n) is 6.69. The lowest BCUT2D eigenvalue weighted by molar-refractivity contribution is -0.274. The lowest BCUT2D eigenvalue weighted by atomic mass is 10.2. The van der Waals surface area contributed by atoms with Crippen LogP contribution in [0.5, 0.6) is 5.75 Å². The van der Waals surface area contributed by atoms with E-state index in [1.807, 2.05) is 0 Å². The van der Waals surface area contributed by atoms with Crippen molar-refractivity contribution in [2.75, 3.05) is 26.2 Å². The van der Waals surface area contributed by atoms with E-state index in [4.69, 9.17) is 10.5 Å². The van der Waals surface area contributed by atoms with Crippen molar-refractivity contribution in [3.05, 3.63) is 29.8 Å². The fraction of sp³-hybridized carbons (Fsp3) is 0.611. The van der Waals surface area contributed by atoms with Crippen LogP contribution in [0.2, 0.25) is 0 Å². The fourth-order valence-electron chi connectivity index (χ4n) is 3.01. The van der Waals surface area contributed by atoms with E-state index in [9.17, 15) is 13.2 Å². The molecule has 1 aliphatic rings. The van der Waals surface area contributed by atoms with Gasteiger partial charge in [0.15, 0.2) is 5.96 Å². The highest BCUT2D eigenvalue weighted by Gasteiger charge is 2.30. The van der Waals surface area contributed by atoms with E-state index in [0.29, 0.717) is 12.5 Å². The van der Waals surface area contributed by atoms with E-state index < -0.39 is 6.36 Å². The number of nitrogens with two attached hydrogens (primary N) is 1. The summed E-state index contributed by atoms with van der Waals surface area (Å²) in [7, 11) is 0. The van der Waals surface area contributed by atoms with E-state index in [2.05, 4.69) is 33.8 Å². The molecule has 1 saturated heterocycles. The van der Waals surface area contributed by atoms with Gasteiger partial charge in [-0.15, -0.1) is 37.1 Å². The van der Waals surface area contributed by atoms with Crippen LogP contribution in [0.1, 0.15) is 25.8 Å². The highest BCUT2D eigenvalue weighted by Crippen LogP contribution is 2.22. The molecule has 0 radical (unpaired) electrons. The average Bonchev–Trinajstić information content (AvgIpc) is 2.56. The second kappa shape index (κ2) is 11.7. The minimum Gasteiger partial charge on any atom is -0.406 e. The molecule has 1 aliphatic heterocycles. The molecule has 0 saturated carbocycles. The van der Waals surface area contributed by atoms with Gasteiger partial charge in [0.1, 0.15) is 5.75 Å². The third kappa shape index (κ3) is 9.78. The smallest absolute Gasteiger partial charge is 0.406 e. The summed E-state index contributed by atoms with van der Waals surface area (Å²) in [5.74, 6) is 0.0578. The highest BCUT2D eigenvalue weighted by atomic mass is 127. The molecule has 0 aliphatic carbocycles. The standard InChI is InChI=1S/C18H27F3N4O2.HI/c1-13-11-25(12-14(2)26-13)9-3-8-23-17(22)24-10-15-4-6-16(7-5-15)27-18(19,20)21;/h4-7,13-14H,3,8-12H2,1-2H3,(H3,22,23,24);1H. The molecule has 1 heterocycles. The molecule has 1 aromatic carbocycles. The zero-order valence-electron chi connectivity index (χ0n) is 16.0. The number of hydrogen-bond donors (Lipinski definition) is 2. The molecule has 6 nitrogen and oxygen atoms in total. The van der Waals surface area contributed by atoms with Crippen molar-refractivity contribution < 1.29 is 22.6 Å². The topological polar surface area (TPSA) is 72.1 Å². The quantitative estimate of drug-likeness (QED) is 0.252. The normalized spacial score (nSPS) is 21.1.